The van der Waals surface area contributed by atoms with Gasteiger partial charge in [0.1, 0.15) is 18.2 Å². The normalized spacial score (nSPS) is 11.7. The smallest absolute Gasteiger partial charge is 0.305 e. The van der Waals surface area contributed by atoms with Crippen LogP contribution in [0.2, 0.25) is 0 Å². The first-order chi connectivity index (χ1) is 27.7. The molecule has 0 unspecified atom stereocenters. The molecular formula is C44H58N4O9. The maximum absolute atomic E-state index is 12.9. The Morgan fingerprint density at radius 2 is 1.42 bits per heavy atom. The second-order valence-electron chi connectivity index (χ2n) is 14.0. The van der Waals surface area contributed by atoms with Crippen LogP contribution in [0.4, 0.5) is 5.82 Å². The standard InChI is InChI=1S/C44H58N4O9/c1-32(2)16-19-53-20-21-54-22-23-55-24-25-56-26-27-57-40-13-6-11-37-36(10-5-12-38(37)40)34-8-4-9-35(29-34)39(30-44(51)52)48-43(50)31-47-42(49)14-7-17-45-41-28-33(3)15-18-46-41/h4-6,8-13,15,18,28-29,32,39H,7,14,16-17,19-27,30-31H2,1-3H3,(H,45,46)(H,47,49)(H,48,50)(H,51,52)/t39-/m0/s1. The maximum atomic E-state index is 12.9. The molecule has 13 heteroatoms. The van der Waals surface area contributed by atoms with Crippen molar-refractivity contribution in [1.29, 1.82) is 0 Å². The van der Waals surface area contributed by atoms with E-state index in [-0.39, 0.29) is 25.3 Å². The van der Waals surface area contributed by atoms with Crippen LogP contribution in [-0.2, 0) is 33.3 Å². The highest BCUT2D eigenvalue weighted by Gasteiger charge is 2.20. The van der Waals surface area contributed by atoms with E-state index in [0.717, 1.165) is 46.3 Å². The lowest BCUT2D eigenvalue weighted by Gasteiger charge is -2.19. The number of pyridine rings is 1. The van der Waals surface area contributed by atoms with E-state index in [2.05, 4.69) is 34.8 Å². The van der Waals surface area contributed by atoms with Crippen molar-refractivity contribution >= 4 is 34.4 Å². The molecule has 4 N–H and O–H groups in total. The minimum absolute atomic E-state index is 0.223. The summed E-state index contributed by atoms with van der Waals surface area (Å²) in [5, 5.41) is 20.2. The summed E-state index contributed by atoms with van der Waals surface area (Å²) in [6, 6.07) is 22.3. The third kappa shape index (κ3) is 16.9. The van der Waals surface area contributed by atoms with Gasteiger partial charge in [0.2, 0.25) is 11.8 Å². The van der Waals surface area contributed by atoms with Crippen LogP contribution in [0.15, 0.2) is 79.0 Å². The maximum Gasteiger partial charge on any atom is 0.305 e. The average Bonchev–Trinajstić information content (AvgIpc) is 3.19. The van der Waals surface area contributed by atoms with E-state index < -0.39 is 17.9 Å². The van der Waals surface area contributed by atoms with Gasteiger partial charge in [-0.2, -0.15) is 0 Å². The van der Waals surface area contributed by atoms with E-state index in [9.17, 15) is 19.5 Å². The van der Waals surface area contributed by atoms with Gasteiger partial charge in [0.15, 0.2) is 0 Å². The fraction of sp³-hybridized carbons (Fsp3) is 0.455. The molecule has 0 spiro atoms. The van der Waals surface area contributed by atoms with E-state index in [0.29, 0.717) is 83.1 Å². The number of aliphatic carboxylic acids is 1. The average molecular weight is 787 g/mol. The fourth-order valence-electron chi connectivity index (χ4n) is 5.91. The van der Waals surface area contributed by atoms with Crippen LogP contribution in [0.5, 0.6) is 5.75 Å². The molecule has 0 radical (unpaired) electrons. The van der Waals surface area contributed by atoms with Crippen molar-refractivity contribution < 1.29 is 43.2 Å². The molecule has 0 bridgehead atoms. The number of aryl methyl sites for hydroxylation is 1. The zero-order valence-electron chi connectivity index (χ0n) is 33.4. The molecule has 0 aliphatic heterocycles. The number of aromatic nitrogens is 1. The molecule has 1 heterocycles. The molecule has 4 aromatic rings. The van der Waals surface area contributed by atoms with Crippen LogP contribution in [0, 0.1) is 12.8 Å². The fourth-order valence-corrected chi connectivity index (χ4v) is 5.91. The minimum atomic E-state index is -1.06. The molecule has 3 aromatic carbocycles. The van der Waals surface area contributed by atoms with Gasteiger partial charge >= 0.3 is 5.97 Å². The van der Waals surface area contributed by atoms with Crippen molar-refractivity contribution in [3.05, 3.63) is 90.1 Å². The molecule has 4 rings (SSSR count). The summed E-state index contributed by atoms with van der Waals surface area (Å²) >= 11 is 0. The monoisotopic (exact) mass is 786 g/mol. The SMILES string of the molecule is Cc1ccnc(NCCCC(=O)NCC(=O)N[C@@H](CC(=O)O)c2cccc(-c3cccc4c(OCCOCCOCCOCCOCCC(C)C)cccc34)c2)c1. The molecule has 1 atom stereocenters. The van der Waals surface area contributed by atoms with E-state index in [1.165, 1.54) is 0 Å². The Balaban J connectivity index is 1.22. The van der Waals surface area contributed by atoms with Crippen LogP contribution in [0.25, 0.3) is 21.9 Å². The zero-order valence-corrected chi connectivity index (χ0v) is 33.4. The molecule has 0 aliphatic rings. The number of amides is 2. The van der Waals surface area contributed by atoms with Crippen molar-refractivity contribution in [3.8, 4) is 16.9 Å². The van der Waals surface area contributed by atoms with Gasteiger partial charge < -0.3 is 44.7 Å². The Kier molecular flexibility index (Phi) is 19.8. The van der Waals surface area contributed by atoms with Gasteiger partial charge in [0.25, 0.3) is 0 Å². The minimum Gasteiger partial charge on any atom is -0.491 e. The van der Waals surface area contributed by atoms with E-state index in [1.807, 2.05) is 73.7 Å². The Morgan fingerprint density at radius 1 is 0.754 bits per heavy atom. The number of hydrogen-bond donors (Lipinski definition) is 4. The number of nitrogens with one attached hydrogen (secondary N) is 3. The van der Waals surface area contributed by atoms with Crippen LogP contribution >= 0.6 is 0 Å². The summed E-state index contributed by atoms with van der Waals surface area (Å²) < 4.78 is 28.5. The third-order valence-electron chi connectivity index (χ3n) is 8.89. The number of carbonyl (C=O) groups excluding carboxylic acids is 2. The third-order valence-corrected chi connectivity index (χ3v) is 8.89. The Labute approximate surface area is 335 Å². The molecule has 13 nitrogen and oxygen atoms in total. The van der Waals surface area contributed by atoms with Gasteiger partial charge in [0.05, 0.1) is 65.3 Å². The van der Waals surface area contributed by atoms with Crippen molar-refractivity contribution in [2.75, 3.05) is 77.9 Å². The Hall–Kier alpha value is -5.08. The number of carboxylic acid groups (broad SMARTS) is 1. The summed E-state index contributed by atoms with van der Waals surface area (Å²) in [7, 11) is 0. The number of ether oxygens (including phenoxy) is 5. The molecule has 1 aromatic heterocycles. The van der Waals surface area contributed by atoms with Crippen molar-refractivity contribution in [2.45, 2.75) is 52.5 Å². The highest BCUT2D eigenvalue weighted by molar-refractivity contribution is 6.00. The van der Waals surface area contributed by atoms with Crippen LogP contribution in [0.1, 0.15) is 56.7 Å². The number of rotatable bonds is 28. The zero-order chi connectivity index (χ0) is 40.7. The lowest BCUT2D eigenvalue weighted by molar-refractivity contribution is -0.138. The summed E-state index contributed by atoms with van der Waals surface area (Å²) in [6.07, 6.45) is 3.22. The highest BCUT2D eigenvalue weighted by atomic mass is 16.6. The second kappa shape index (κ2) is 25.2. The highest BCUT2D eigenvalue weighted by Crippen LogP contribution is 2.35. The first-order valence-corrected chi connectivity index (χ1v) is 19.7. The molecule has 308 valence electrons. The van der Waals surface area contributed by atoms with Crippen molar-refractivity contribution in [3.63, 3.8) is 0 Å². The van der Waals surface area contributed by atoms with Crippen LogP contribution in [0.3, 0.4) is 0 Å². The van der Waals surface area contributed by atoms with Crippen molar-refractivity contribution in [1.82, 2.24) is 15.6 Å². The van der Waals surface area contributed by atoms with Gasteiger partial charge in [-0.25, -0.2) is 4.98 Å². The largest absolute Gasteiger partial charge is 0.491 e. The first kappa shape index (κ1) is 44.6. The predicted molar refractivity (Wildman–Crippen MR) is 220 cm³/mol. The summed E-state index contributed by atoms with van der Waals surface area (Å²) in [4.78, 5) is 41.4. The molecule has 0 fully saturated rings. The number of fused-ring (bicyclic) bond motifs is 1. The second-order valence-corrected chi connectivity index (χ2v) is 14.0. The van der Waals surface area contributed by atoms with Gasteiger partial charge in [-0.05, 0) is 77.6 Å². The van der Waals surface area contributed by atoms with E-state index >= 15 is 0 Å². The number of benzene rings is 3. The molecular weight excluding hydrogens is 729 g/mol. The first-order valence-electron chi connectivity index (χ1n) is 19.7. The summed E-state index contributed by atoms with van der Waals surface area (Å²) in [5.41, 5.74) is 3.49. The van der Waals surface area contributed by atoms with Crippen LogP contribution in [-0.4, -0.2) is 100 Å². The predicted octanol–water partition coefficient (Wildman–Crippen LogP) is 6.34. The molecule has 0 saturated heterocycles. The topological polar surface area (TPSA) is 167 Å². The van der Waals surface area contributed by atoms with Gasteiger partial charge in [-0.3, -0.25) is 14.4 Å². The van der Waals surface area contributed by atoms with Gasteiger partial charge in [0, 0.05) is 31.2 Å². The molecule has 0 saturated carbocycles. The van der Waals surface area contributed by atoms with Gasteiger partial charge in [-0.15, -0.1) is 0 Å². The Bertz CT molecular complexity index is 1840. The van der Waals surface area contributed by atoms with E-state index in [1.54, 1.807) is 12.3 Å². The molecule has 0 aliphatic carbocycles. The number of hydrogen-bond acceptors (Lipinski definition) is 10. The number of anilines is 1. The number of carboxylic acids is 1. The van der Waals surface area contributed by atoms with Crippen molar-refractivity contribution in [2.24, 2.45) is 5.92 Å². The summed E-state index contributed by atoms with van der Waals surface area (Å²) in [5.74, 6) is 0.276. The van der Waals surface area contributed by atoms with Gasteiger partial charge in [-0.1, -0.05) is 62.4 Å². The lowest BCUT2D eigenvalue weighted by atomic mass is 9.94. The Morgan fingerprint density at radius 3 is 2.12 bits per heavy atom. The lowest BCUT2D eigenvalue weighted by Crippen LogP contribution is -2.39. The molecule has 57 heavy (non-hydrogen) atoms. The number of nitrogens with zero attached hydrogens (tertiary/aromatic N) is 1. The quantitative estimate of drug-likeness (QED) is 0.0475. The number of carbonyl (C=O) groups is 3. The van der Waals surface area contributed by atoms with Crippen LogP contribution < -0.4 is 20.7 Å². The molecule has 2 amide bonds. The summed E-state index contributed by atoms with van der Waals surface area (Å²) in [6.45, 7) is 11.2. The van der Waals surface area contributed by atoms with E-state index in [4.69, 9.17) is 23.7 Å².